The van der Waals surface area contributed by atoms with Crippen LogP contribution in [0.25, 0.3) is 0 Å². The smallest absolute Gasteiger partial charge is 0.278 e. The van der Waals surface area contributed by atoms with Gasteiger partial charge < -0.3 is 16.0 Å². The van der Waals surface area contributed by atoms with E-state index in [0.29, 0.717) is 12.1 Å². The van der Waals surface area contributed by atoms with Crippen molar-refractivity contribution >= 4 is 29.5 Å². The van der Waals surface area contributed by atoms with Gasteiger partial charge in [-0.3, -0.25) is 20.1 Å². The molecule has 3 rings (SSSR count). The number of amides is 2. The van der Waals surface area contributed by atoms with Crippen LogP contribution in [0.3, 0.4) is 0 Å². The van der Waals surface area contributed by atoms with E-state index in [2.05, 4.69) is 36.7 Å². The average molecular weight is 345 g/mol. The SMILES string of the molecule is O=C(CCC1NC=NN1)Nc1c[nH]nc1C(=O)Nc1ccc(F)cc1. The maximum absolute atomic E-state index is 12.9. The third-order valence-corrected chi connectivity index (χ3v) is 3.46. The Hall–Kier alpha value is -3.43. The number of carbonyl (C=O) groups excluding carboxylic acids is 2. The maximum Gasteiger partial charge on any atom is 0.278 e. The Morgan fingerprint density at radius 1 is 1.20 bits per heavy atom. The highest BCUT2D eigenvalue weighted by Gasteiger charge is 2.18. The number of aromatic amines is 1. The molecule has 0 fully saturated rings. The van der Waals surface area contributed by atoms with Crippen molar-refractivity contribution in [2.45, 2.75) is 19.0 Å². The maximum atomic E-state index is 12.9. The molecule has 0 spiro atoms. The van der Waals surface area contributed by atoms with Crippen molar-refractivity contribution in [2.75, 3.05) is 10.6 Å². The molecule has 0 bridgehead atoms. The normalized spacial score (nSPS) is 15.3. The van der Waals surface area contributed by atoms with Crippen LogP contribution in [0.2, 0.25) is 0 Å². The van der Waals surface area contributed by atoms with E-state index in [0.717, 1.165) is 0 Å². The van der Waals surface area contributed by atoms with Gasteiger partial charge in [-0.05, 0) is 30.7 Å². The monoisotopic (exact) mass is 345 g/mol. The second-order valence-corrected chi connectivity index (χ2v) is 5.30. The molecule has 1 aliphatic heterocycles. The molecule has 10 heteroatoms. The molecule has 5 N–H and O–H groups in total. The number of aromatic nitrogens is 2. The largest absolute Gasteiger partial charge is 0.354 e. The van der Waals surface area contributed by atoms with E-state index in [9.17, 15) is 14.0 Å². The van der Waals surface area contributed by atoms with Crippen LogP contribution < -0.4 is 21.4 Å². The molecule has 2 amide bonds. The molecule has 0 aliphatic carbocycles. The second kappa shape index (κ2) is 7.43. The number of hydrazone groups is 1. The minimum absolute atomic E-state index is 0.0399. The predicted molar refractivity (Wildman–Crippen MR) is 89.4 cm³/mol. The zero-order chi connectivity index (χ0) is 17.6. The summed E-state index contributed by atoms with van der Waals surface area (Å²) in [6.07, 6.45) is 3.62. The van der Waals surface area contributed by atoms with Gasteiger partial charge in [0.05, 0.1) is 5.69 Å². The molecule has 2 aromatic rings. The van der Waals surface area contributed by atoms with Crippen molar-refractivity contribution in [2.24, 2.45) is 5.10 Å². The molecular formula is C15H16FN7O2. The predicted octanol–water partition coefficient (Wildman–Crippen LogP) is 0.982. The summed E-state index contributed by atoms with van der Waals surface area (Å²) in [5, 5.41) is 18.4. The Kier molecular flexibility index (Phi) is 4.88. The topological polar surface area (TPSA) is 123 Å². The van der Waals surface area contributed by atoms with Crippen LogP contribution in [-0.2, 0) is 4.79 Å². The third-order valence-electron chi connectivity index (χ3n) is 3.46. The minimum Gasteiger partial charge on any atom is -0.354 e. The van der Waals surface area contributed by atoms with Gasteiger partial charge in [0, 0.05) is 18.3 Å². The summed E-state index contributed by atoms with van der Waals surface area (Å²) in [7, 11) is 0. The lowest BCUT2D eigenvalue weighted by Gasteiger charge is -2.10. The van der Waals surface area contributed by atoms with Crippen LogP contribution in [-0.4, -0.2) is 34.5 Å². The number of H-pyrrole nitrogens is 1. The molecule has 0 saturated heterocycles. The van der Waals surface area contributed by atoms with Gasteiger partial charge in [-0.25, -0.2) is 4.39 Å². The van der Waals surface area contributed by atoms with E-state index in [1.165, 1.54) is 36.8 Å². The molecule has 1 unspecified atom stereocenters. The van der Waals surface area contributed by atoms with Gasteiger partial charge in [-0.1, -0.05) is 0 Å². The lowest BCUT2D eigenvalue weighted by atomic mass is 10.2. The molecule has 1 aromatic heterocycles. The van der Waals surface area contributed by atoms with Gasteiger partial charge in [0.25, 0.3) is 5.91 Å². The zero-order valence-electron chi connectivity index (χ0n) is 13.0. The molecule has 25 heavy (non-hydrogen) atoms. The van der Waals surface area contributed by atoms with Crippen molar-refractivity contribution in [3.05, 3.63) is 42.0 Å². The fraction of sp³-hybridized carbons (Fsp3) is 0.200. The zero-order valence-corrected chi connectivity index (χ0v) is 13.0. The fourth-order valence-corrected chi connectivity index (χ4v) is 2.21. The van der Waals surface area contributed by atoms with Gasteiger partial charge in [-0.15, -0.1) is 0 Å². The van der Waals surface area contributed by atoms with Gasteiger partial charge >= 0.3 is 0 Å². The molecule has 9 nitrogen and oxygen atoms in total. The first-order chi connectivity index (χ1) is 12.1. The summed E-state index contributed by atoms with van der Waals surface area (Å²) >= 11 is 0. The molecule has 130 valence electrons. The summed E-state index contributed by atoms with van der Waals surface area (Å²) < 4.78 is 12.9. The average Bonchev–Trinajstić information content (AvgIpc) is 3.26. The highest BCUT2D eigenvalue weighted by Crippen LogP contribution is 2.16. The summed E-state index contributed by atoms with van der Waals surface area (Å²) in [5.74, 6) is -1.18. The Bertz CT molecular complexity index is 779. The molecule has 1 atom stereocenters. The van der Waals surface area contributed by atoms with E-state index >= 15 is 0 Å². The Morgan fingerprint density at radius 2 is 2.00 bits per heavy atom. The highest BCUT2D eigenvalue weighted by molar-refractivity contribution is 6.08. The standard InChI is InChI=1S/C15H16FN7O2/c16-9-1-3-10(4-2-9)20-15(25)14-11(7-18-23-14)21-13(24)6-5-12-17-8-19-22-12/h1-4,7-8,12,22H,5-6H2,(H,17,19)(H,18,23)(H,20,25)(H,21,24). The van der Waals surface area contributed by atoms with Gasteiger partial charge in [0.1, 0.15) is 18.3 Å². The number of nitrogens with one attached hydrogen (secondary N) is 5. The number of rotatable bonds is 6. The minimum atomic E-state index is -0.518. The van der Waals surface area contributed by atoms with Gasteiger partial charge in [0.2, 0.25) is 5.91 Å². The van der Waals surface area contributed by atoms with E-state index in [1.807, 2.05) is 0 Å². The molecular weight excluding hydrogens is 329 g/mol. The summed E-state index contributed by atoms with van der Waals surface area (Å²) in [6.45, 7) is 0. The summed E-state index contributed by atoms with van der Waals surface area (Å²) in [4.78, 5) is 24.3. The van der Waals surface area contributed by atoms with E-state index in [4.69, 9.17) is 0 Å². The molecule has 1 aromatic carbocycles. The number of benzene rings is 1. The van der Waals surface area contributed by atoms with Crippen LogP contribution >= 0.6 is 0 Å². The number of anilines is 2. The second-order valence-electron chi connectivity index (χ2n) is 5.30. The molecule has 0 saturated carbocycles. The van der Waals surface area contributed by atoms with E-state index < -0.39 is 11.7 Å². The van der Waals surface area contributed by atoms with Gasteiger partial charge in [-0.2, -0.15) is 10.2 Å². The van der Waals surface area contributed by atoms with Gasteiger partial charge in [0.15, 0.2) is 5.69 Å². The van der Waals surface area contributed by atoms with Crippen molar-refractivity contribution in [1.82, 2.24) is 20.9 Å². The summed E-state index contributed by atoms with van der Waals surface area (Å²) in [5.41, 5.74) is 3.53. The van der Waals surface area contributed by atoms with E-state index in [1.54, 1.807) is 0 Å². The quantitative estimate of drug-likeness (QED) is 0.534. The van der Waals surface area contributed by atoms with Crippen LogP contribution in [0.1, 0.15) is 23.3 Å². The molecule has 1 aliphatic rings. The Morgan fingerprint density at radius 3 is 2.72 bits per heavy atom. The number of carbonyl (C=O) groups is 2. The number of hydrogen-bond donors (Lipinski definition) is 5. The van der Waals surface area contributed by atoms with Crippen LogP contribution in [0.5, 0.6) is 0 Å². The number of nitrogens with zero attached hydrogens (tertiary/aromatic N) is 2. The van der Waals surface area contributed by atoms with Crippen molar-refractivity contribution in [1.29, 1.82) is 0 Å². The lowest BCUT2D eigenvalue weighted by molar-refractivity contribution is -0.116. The lowest BCUT2D eigenvalue weighted by Crippen LogP contribution is -2.33. The first-order valence-corrected chi connectivity index (χ1v) is 7.55. The van der Waals surface area contributed by atoms with Crippen molar-refractivity contribution in [3.63, 3.8) is 0 Å². The number of hydrogen-bond acceptors (Lipinski definition) is 6. The molecule has 2 heterocycles. The number of halogens is 1. The molecule has 0 radical (unpaired) electrons. The van der Waals surface area contributed by atoms with E-state index in [-0.39, 0.29) is 29.9 Å². The first-order valence-electron chi connectivity index (χ1n) is 7.55. The van der Waals surface area contributed by atoms with Crippen molar-refractivity contribution in [3.8, 4) is 0 Å². The Labute approximate surface area is 142 Å². The first kappa shape index (κ1) is 16.4. The summed E-state index contributed by atoms with van der Waals surface area (Å²) in [6, 6.07) is 5.33. The Balaban J connectivity index is 1.56. The fourth-order valence-electron chi connectivity index (χ4n) is 2.21. The van der Waals surface area contributed by atoms with Crippen LogP contribution in [0.15, 0.2) is 35.6 Å². The van der Waals surface area contributed by atoms with Crippen LogP contribution in [0, 0.1) is 5.82 Å². The third kappa shape index (κ3) is 4.31. The van der Waals surface area contributed by atoms with Crippen molar-refractivity contribution < 1.29 is 14.0 Å². The van der Waals surface area contributed by atoms with Crippen LogP contribution in [0.4, 0.5) is 15.8 Å². The highest BCUT2D eigenvalue weighted by atomic mass is 19.1.